The molecule has 0 saturated carbocycles. The van der Waals surface area contributed by atoms with E-state index < -0.39 is 11.2 Å². The van der Waals surface area contributed by atoms with Crippen LogP contribution in [0.1, 0.15) is 5.56 Å². The maximum absolute atomic E-state index is 11.9. The van der Waals surface area contributed by atoms with Gasteiger partial charge >= 0.3 is 110 Å². The van der Waals surface area contributed by atoms with Gasteiger partial charge < -0.3 is 0 Å². The molecule has 0 bridgehead atoms. The Morgan fingerprint density at radius 3 is 2.50 bits per heavy atom. The fourth-order valence-corrected chi connectivity index (χ4v) is 2.20. The standard InChI is InChI=1S/C11H10AsN3O3/c12-9-8(14-18)10(16)15(11(17)13-9)6-7-4-2-1-3-5-7/h1-5H,6,12H2,(H,13,17). The molecule has 0 radical (unpaired) electrons. The Hall–Kier alpha value is -1.94. The van der Waals surface area contributed by atoms with Gasteiger partial charge in [-0.15, -0.1) is 0 Å². The first-order valence-corrected chi connectivity index (χ1v) is 6.34. The minimum absolute atomic E-state index is 0.116. The second kappa shape index (κ2) is 5.14. The van der Waals surface area contributed by atoms with Crippen LogP contribution in [0.2, 0.25) is 0 Å². The molecule has 18 heavy (non-hydrogen) atoms. The van der Waals surface area contributed by atoms with Crippen molar-refractivity contribution in [3.05, 3.63) is 61.6 Å². The van der Waals surface area contributed by atoms with E-state index in [9.17, 15) is 14.5 Å². The third kappa shape index (κ3) is 2.33. The number of hydrogen-bond acceptors (Lipinski definition) is 4. The van der Waals surface area contributed by atoms with Gasteiger partial charge in [0.05, 0.1) is 0 Å². The van der Waals surface area contributed by atoms with E-state index in [0.717, 1.165) is 27.0 Å². The molecule has 1 heterocycles. The summed E-state index contributed by atoms with van der Waals surface area (Å²) in [5.41, 5.74) is -0.616. The van der Waals surface area contributed by atoms with Gasteiger partial charge in [-0.1, -0.05) is 0 Å². The van der Waals surface area contributed by atoms with E-state index in [0.29, 0.717) is 0 Å². The Labute approximate surface area is 110 Å². The van der Waals surface area contributed by atoms with Gasteiger partial charge in [0, 0.05) is 0 Å². The molecule has 6 nitrogen and oxygen atoms in total. The van der Waals surface area contributed by atoms with Crippen molar-refractivity contribution < 1.29 is 0 Å². The van der Waals surface area contributed by atoms with Crippen molar-refractivity contribution in [1.82, 2.24) is 9.55 Å². The number of H-pyrrole nitrogens is 1. The zero-order chi connectivity index (χ0) is 13.1. The summed E-state index contributed by atoms with van der Waals surface area (Å²) in [5, 5.41) is 2.68. The van der Waals surface area contributed by atoms with E-state index in [1.807, 2.05) is 18.2 Å². The molecule has 0 aliphatic heterocycles. The number of rotatable bonds is 3. The summed E-state index contributed by atoms with van der Waals surface area (Å²) < 4.78 is 1.21. The molecule has 1 aromatic heterocycles. The maximum atomic E-state index is 11.9. The van der Waals surface area contributed by atoms with Gasteiger partial charge in [-0.25, -0.2) is 0 Å². The summed E-state index contributed by atoms with van der Waals surface area (Å²) >= 11 is 0.981. The normalized spacial score (nSPS) is 10.3. The Morgan fingerprint density at radius 1 is 1.22 bits per heavy atom. The molecule has 1 unspecified atom stereocenters. The summed E-state index contributed by atoms with van der Waals surface area (Å²) in [6, 6.07) is 9.05. The van der Waals surface area contributed by atoms with Crippen LogP contribution in [0.4, 0.5) is 5.69 Å². The van der Waals surface area contributed by atoms with Gasteiger partial charge in [0.15, 0.2) is 0 Å². The number of nitrogens with one attached hydrogen (secondary N) is 1. The molecule has 2 aromatic rings. The summed E-state index contributed by atoms with van der Waals surface area (Å²) in [6.45, 7) is 0.116. The van der Waals surface area contributed by atoms with Crippen LogP contribution in [0.5, 0.6) is 0 Å². The molecule has 1 aromatic carbocycles. The second-order valence-corrected chi connectivity index (χ2v) is 4.87. The van der Waals surface area contributed by atoms with Crippen molar-refractivity contribution in [1.29, 1.82) is 0 Å². The monoisotopic (exact) mass is 307 g/mol. The molecule has 2 rings (SSSR count). The molecule has 1 N–H and O–H groups in total. The first-order chi connectivity index (χ1) is 8.63. The van der Waals surface area contributed by atoms with Crippen LogP contribution in [-0.4, -0.2) is 26.4 Å². The third-order valence-corrected chi connectivity index (χ3v) is 3.34. The SMILES string of the molecule is O=Nc1c([AsH2])[nH]c(=O)n(Cc2ccccc2)c1=O. The molecule has 92 valence electrons. The van der Waals surface area contributed by atoms with Crippen LogP contribution in [0.15, 0.2) is 45.1 Å². The minimum atomic E-state index is -0.656. The Morgan fingerprint density at radius 2 is 1.89 bits per heavy atom. The van der Waals surface area contributed by atoms with E-state index in [1.54, 1.807) is 12.1 Å². The number of nitroso groups, excluding NO2 is 1. The van der Waals surface area contributed by atoms with Crippen LogP contribution in [0.3, 0.4) is 0 Å². The van der Waals surface area contributed by atoms with Gasteiger partial charge in [-0.2, -0.15) is 0 Å². The molecule has 0 amide bonds. The van der Waals surface area contributed by atoms with E-state index in [-0.39, 0.29) is 16.7 Å². The first kappa shape index (κ1) is 12.5. The van der Waals surface area contributed by atoms with E-state index >= 15 is 0 Å². The summed E-state index contributed by atoms with van der Waals surface area (Å²) in [6.07, 6.45) is 0. The third-order valence-electron chi connectivity index (χ3n) is 2.46. The number of nitrogens with zero attached hydrogens (tertiary/aromatic N) is 2. The van der Waals surface area contributed by atoms with Gasteiger partial charge in [0.2, 0.25) is 0 Å². The summed E-state index contributed by atoms with van der Waals surface area (Å²) in [7, 11) is 0. The van der Waals surface area contributed by atoms with Gasteiger partial charge in [-0.05, 0) is 0 Å². The average Bonchev–Trinajstić information content (AvgIpc) is 2.36. The Balaban J connectivity index is 2.56. The second-order valence-electron chi connectivity index (χ2n) is 3.66. The fourth-order valence-electron chi connectivity index (χ4n) is 1.57. The van der Waals surface area contributed by atoms with Crippen molar-refractivity contribution in [2.45, 2.75) is 6.54 Å². The topological polar surface area (TPSA) is 84.3 Å². The molecule has 7 heteroatoms. The zero-order valence-corrected chi connectivity index (χ0v) is 11.7. The Kier molecular flexibility index (Phi) is 3.57. The van der Waals surface area contributed by atoms with Crippen molar-refractivity contribution in [3.63, 3.8) is 0 Å². The van der Waals surface area contributed by atoms with Crippen LogP contribution in [0, 0.1) is 4.91 Å². The molecule has 0 saturated heterocycles. The quantitative estimate of drug-likeness (QED) is 0.597. The molecule has 0 aliphatic rings. The summed E-state index contributed by atoms with van der Waals surface area (Å²) in [4.78, 5) is 36.7. The predicted molar refractivity (Wildman–Crippen MR) is 70.5 cm³/mol. The van der Waals surface area contributed by atoms with Crippen molar-refractivity contribution in [2.75, 3.05) is 0 Å². The van der Waals surface area contributed by atoms with E-state index in [4.69, 9.17) is 0 Å². The zero-order valence-electron chi connectivity index (χ0n) is 9.29. The molecular formula is C11H10AsN3O3. The number of benzene rings is 1. The van der Waals surface area contributed by atoms with Crippen molar-refractivity contribution in [2.24, 2.45) is 5.18 Å². The van der Waals surface area contributed by atoms with Gasteiger partial charge in [0.1, 0.15) is 0 Å². The fraction of sp³-hybridized carbons (Fsp3) is 0.0909. The van der Waals surface area contributed by atoms with Gasteiger partial charge in [-0.3, -0.25) is 0 Å². The molecule has 0 fully saturated rings. The van der Waals surface area contributed by atoms with Gasteiger partial charge in [0.25, 0.3) is 0 Å². The van der Waals surface area contributed by atoms with Crippen molar-refractivity contribution >= 4 is 27.0 Å². The van der Waals surface area contributed by atoms with E-state index in [1.165, 1.54) is 0 Å². The predicted octanol–water partition coefficient (Wildman–Crippen LogP) is -0.759. The summed E-state index contributed by atoms with van der Waals surface area (Å²) in [5.74, 6) is 0. The van der Waals surface area contributed by atoms with E-state index in [2.05, 4.69) is 10.2 Å². The number of hydrogen-bond donors (Lipinski definition) is 1. The Bertz CT molecular complexity index is 691. The molecule has 0 spiro atoms. The molecule has 0 aliphatic carbocycles. The van der Waals surface area contributed by atoms with Crippen LogP contribution >= 0.6 is 0 Å². The number of aromatic nitrogens is 2. The molecular weight excluding hydrogens is 297 g/mol. The average molecular weight is 307 g/mol. The van der Waals surface area contributed by atoms with Crippen LogP contribution in [-0.2, 0) is 6.54 Å². The van der Waals surface area contributed by atoms with Crippen molar-refractivity contribution in [3.8, 4) is 0 Å². The number of aromatic amines is 1. The first-order valence-electron chi connectivity index (χ1n) is 5.13. The van der Waals surface area contributed by atoms with Crippen LogP contribution in [0.25, 0.3) is 0 Å². The molecule has 1 atom stereocenters. The van der Waals surface area contributed by atoms with Crippen LogP contribution < -0.4 is 15.7 Å².